The van der Waals surface area contributed by atoms with Gasteiger partial charge in [-0.25, -0.2) is 0 Å². The van der Waals surface area contributed by atoms with E-state index >= 15 is 0 Å². The number of nitrogens with zero attached hydrogens (tertiary/aromatic N) is 3. The molecule has 1 heterocycles. The summed E-state index contributed by atoms with van der Waals surface area (Å²) in [6.45, 7) is 5.78. The SMILES string of the molecule is CCC(C)(C#N)c1nnc(C)s1. The quantitative estimate of drug-likeness (QED) is 0.701. The van der Waals surface area contributed by atoms with Crippen molar-refractivity contribution in [2.75, 3.05) is 0 Å². The van der Waals surface area contributed by atoms with Gasteiger partial charge < -0.3 is 0 Å². The second-order valence-electron chi connectivity index (χ2n) is 2.92. The Balaban J connectivity index is 3.05. The lowest BCUT2D eigenvalue weighted by Crippen LogP contribution is -2.17. The van der Waals surface area contributed by atoms with Gasteiger partial charge in [0.05, 0.1) is 6.07 Å². The monoisotopic (exact) mass is 181 g/mol. The zero-order chi connectivity index (χ0) is 9.19. The van der Waals surface area contributed by atoms with Crippen LogP contribution in [0.5, 0.6) is 0 Å². The minimum atomic E-state index is -0.452. The molecule has 0 saturated carbocycles. The largest absolute Gasteiger partial charge is 0.197 e. The van der Waals surface area contributed by atoms with Gasteiger partial charge in [-0.05, 0) is 20.3 Å². The van der Waals surface area contributed by atoms with Crippen molar-refractivity contribution in [1.82, 2.24) is 10.2 Å². The summed E-state index contributed by atoms with van der Waals surface area (Å²) in [5.41, 5.74) is -0.452. The van der Waals surface area contributed by atoms with Gasteiger partial charge in [-0.15, -0.1) is 21.5 Å². The molecule has 0 saturated heterocycles. The van der Waals surface area contributed by atoms with Gasteiger partial charge in [0.1, 0.15) is 15.4 Å². The van der Waals surface area contributed by atoms with E-state index < -0.39 is 5.41 Å². The van der Waals surface area contributed by atoms with Crippen LogP contribution in [-0.4, -0.2) is 10.2 Å². The lowest BCUT2D eigenvalue weighted by Gasteiger charge is -2.13. The first kappa shape index (κ1) is 9.14. The predicted molar refractivity (Wildman–Crippen MR) is 47.9 cm³/mol. The second kappa shape index (κ2) is 3.20. The summed E-state index contributed by atoms with van der Waals surface area (Å²) in [6, 6.07) is 2.27. The molecule has 1 atom stereocenters. The fourth-order valence-corrected chi connectivity index (χ4v) is 1.66. The maximum atomic E-state index is 8.94. The van der Waals surface area contributed by atoms with Crippen molar-refractivity contribution < 1.29 is 0 Å². The molecule has 1 rings (SSSR count). The molecule has 0 N–H and O–H groups in total. The molecule has 1 aromatic rings. The van der Waals surface area contributed by atoms with Crippen LogP contribution >= 0.6 is 11.3 Å². The van der Waals surface area contributed by atoms with Crippen molar-refractivity contribution in [3.05, 3.63) is 10.0 Å². The molecule has 0 amide bonds. The molecule has 3 nitrogen and oxygen atoms in total. The molecule has 4 heteroatoms. The minimum Gasteiger partial charge on any atom is -0.197 e. The van der Waals surface area contributed by atoms with Gasteiger partial charge in [0.2, 0.25) is 0 Å². The molecular weight excluding hydrogens is 170 g/mol. The fourth-order valence-electron chi connectivity index (χ4n) is 0.798. The van der Waals surface area contributed by atoms with E-state index in [-0.39, 0.29) is 0 Å². The van der Waals surface area contributed by atoms with Gasteiger partial charge in [-0.1, -0.05) is 6.92 Å². The van der Waals surface area contributed by atoms with Crippen LogP contribution in [0.4, 0.5) is 0 Å². The van der Waals surface area contributed by atoms with Gasteiger partial charge in [0, 0.05) is 0 Å². The second-order valence-corrected chi connectivity index (χ2v) is 4.11. The minimum absolute atomic E-state index is 0.452. The van der Waals surface area contributed by atoms with E-state index in [0.29, 0.717) is 0 Å². The topological polar surface area (TPSA) is 49.6 Å². The van der Waals surface area contributed by atoms with E-state index in [9.17, 15) is 0 Å². The Morgan fingerprint density at radius 3 is 2.58 bits per heavy atom. The third kappa shape index (κ3) is 1.46. The Morgan fingerprint density at radius 1 is 1.58 bits per heavy atom. The molecule has 0 aliphatic rings. The average Bonchev–Trinajstić information content (AvgIpc) is 2.51. The Labute approximate surface area is 76.1 Å². The summed E-state index contributed by atoms with van der Waals surface area (Å²) >= 11 is 1.50. The predicted octanol–water partition coefficient (Wildman–Crippen LogP) is 2.04. The van der Waals surface area contributed by atoms with E-state index in [1.54, 1.807) is 0 Å². The van der Waals surface area contributed by atoms with Crippen molar-refractivity contribution in [3.63, 3.8) is 0 Å². The van der Waals surface area contributed by atoms with Crippen molar-refractivity contribution in [1.29, 1.82) is 5.26 Å². The summed E-state index contributed by atoms with van der Waals surface area (Å²) in [4.78, 5) is 0. The summed E-state index contributed by atoms with van der Waals surface area (Å²) in [5, 5.41) is 18.5. The lowest BCUT2D eigenvalue weighted by atomic mass is 9.91. The number of hydrogen-bond donors (Lipinski definition) is 0. The maximum absolute atomic E-state index is 8.94. The van der Waals surface area contributed by atoms with E-state index in [4.69, 9.17) is 5.26 Å². The Hall–Kier alpha value is -0.950. The van der Waals surface area contributed by atoms with E-state index in [0.717, 1.165) is 16.4 Å². The van der Waals surface area contributed by atoms with Crippen molar-refractivity contribution >= 4 is 11.3 Å². The molecule has 1 unspecified atom stereocenters. The van der Waals surface area contributed by atoms with Gasteiger partial charge in [0.25, 0.3) is 0 Å². The first-order valence-corrected chi connectivity index (χ1v) is 4.66. The number of rotatable bonds is 2. The van der Waals surface area contributed by atoms with Crippen LogP contribution in [-0.2, 0) is 5.41 Å². The van der Waals surface area contributed by atoms with Gasteiger partial charge >= 0.3 is 0 Å². The molecule has 0 radical (unpaired) electrons. The van der Waals surface area contributed by atoms with Crippen LogP contribution in [0.2, 0.25) is 0 Å². The molecular formula is C8H11N3S. The summed E-state index contributed by atoms with van der Waals surface area (Å²) in [7, 11) is 0. The highest BCUT2D eigenvalue weighted by atomic mass is 32.1. The first-order chi connectivity index (χ1) is 5.62. The summed E-state index contributed by atoms with van der Waals surface area (Å²) < 4.78 is 0. The van der Waals surface area contributed by atoms with Crippen LogP contribution in [0.1, 0.15) is 30.3 Å². The number of aryl methyl sites for hydroxylation is 1. The van der Waals surface area contributed by atoms with Gasteiger partial charge in [-0.2, -0.15) is 5.26 Å². The molecule has 64 valence electrons. The number of hydrogen-bond acceptors (Lipinski definition) is 4. The van der Waals surface area contributed by atoms with Crippen LogP contribution in [0.3, 0.4) is 0 Å². The Kier molecular flexibility index (Phi) is 2.43. The average molecular weight is 181 g/mol. The molecule has 0 aliphatic carbocycles. The first-order valence-electron chi connectivity index (χ1n) is 3.84. The normalized spacial score (nSPS) is 15.2. The number of aromatic nitrogens is 2. The molecule has 0 aromatic carbocycles. The lowest BCUT2D eigenvalue weighted by molar-refractivity contribution is 0.576. The molecule has 1 aromatic heterocycles. The summed E-state index contributed by atoms with van der Waals surface area (Å²) in [6.07, 6.45) is 0.776. The van der Waals surface area contributed by atoms with E-state index in [2.05, 4.69) is 16.3 Å². The molecule has 0 bridgehead atoms. The van der Waals surface area contributed by atoms with Crippen LogP contribution < -0.4 is 0 Å². The smallest absolute Gasteiger partial charge is 0.137 e. The third-order valence-corrected chi connectivity index (χ3v) is 3.05. The van der Waals surface area contributed by atoms with Crippen molar-refractivity contribution in [2.45, 2.75) is 32.6 Å². The number of nitriles is 1. The fraction of sp³-hybridized carbons (Fsp3) is 0.625. The summed E-state index contributed by atoms with van der Waals surface area (Å²) in [5.74, 6) is 0. The van der Waals surface area contributed by atoms with Crippen LogP contribution in [0.25, 0.3) is 0 Å². The maximum Gasteiger partial charge on any atom is 0.137 e. The van der Waals surface area contributed by atoms with Crippen molar-refractivity contribution in [2.24, 2.45) is 0 Å². The standard InChI is InChI=1S/C8H11N3S/c1-4-8(3,5-9)7-11-10-6(2)12-7/h4H2,1-3H3. The van der Waals surface area contributed by atoms with Crippen molar-refractivity contribution in [3.8, 4) is 6.07 Å². The highest BCUT2D eigenvalue weighted by Gasteiger charge is 2.28. The zero-order valence-electron chi connectivity index (χ0n) is 7.46. The third-order valence-electron chi connectivity index (χ3n) is 1.95. The van der Waals surface area contributed by atoms with Crippen LogP contribution in [0, 0.1) is 18.3 Å². The van der Waals surface area contributed by atoms with E-state index in [1.807, 2.05) is 20.8 Å². The van der Waals surface area contributed by atoms with Crippen LogP contribution in [0.15, 0.2) is 0 Å². The molecule has 0 spiro atoms. The van der Waals surface area contributed by atoms with Gasteiger partial charge in [0.15, 0.2) is 0 Å². The zero-order valence-corrected chi connectivity index (χ0v) is 8.27. The van der Waals surface area contributed by atoms with E-state index in [1.165, 1.54) is 11.3 Å². The highest BCUT2D eigenvalue weighted by molar-refractivity contribution is 7.11. The molecule has 0 aliphatic heterocycles. The Bertz CT molecular complexity index is 312. The van der Waals surface area contributed by atoms with Gasteiger partial charge in [-0.3, -0.25) is 0 Å². The molecule has 12 heavy (non-hydrogen) atoms. The Morgan fingerprint density at radius 2 is 2.25 bits per heavy atom. The molecule has 0 fully saturated rings. The highest BCUT2D eigenvalue weighted by Crippen LogP contribution is 2.28.